The van der Waals surface area contributed by atoms with Gasteiger partial charge in [0.15, 0.2) is 6.29 Å². The van der Waals surface area contributed by atoms with Crippen LogP contribution in [0.25, 0.3) is 0 Å². The standard InChI is InChI=1S/C41H66O6/c1-9-10-11-12-13-14-15-18-37(43)46-25-16-17-36-34(31(4)28-42)23-24-40(8,45)41(36)27-33(47-38(41)44)26-29(2)19-22-35-30(3)20-21-32(5)39(35,6)7/h19,22,26,28,32-33,36,38,44-45H,9-18,20-21,23-25,27H2,1-8H3. The van der Waals surface area contributed by atoms with Gasteiger partial charge in [0.05, 0.1) is 23.7 Å². The molecule has 0 aromatic carbocycles. The van der Waals surface area contributed by atoms with Gasteiger partial charge in [-0.05, 0) is 107 Å². The summed E-state index contributed by atoms with van der Waals surface area (Å²) in [6, 6.07) is 0. The fraction of sp³-hybridized carbons (Fsp3) is 0.756. The predicted octanol–water partition coefficient (Wildman–Crippen LogP) is 9.50. The van der Waals surface area contributed by atoms with E-state index in [1.807, 2.05) is 13.8 Å². The van der Waals surface area contributed by atoms with Crippen LogP contribution in [0.3, 0.4) is 0 Å². The molecule has 266 valence electrons. The van der Waals surface area contributed by atoms with Gasteiger partial charge in [-0.1, -0.05) is 101 Å². The summed E-state index contributed by atoms with van der Waals surface area (Å²) in [4.78, 5) is 24.4. The zero-order valence-electron chi connectivity index (χ0n) is 31.0. The zero-order valence-corrected chi connectivity index (χ0v) is 31.0. The molecule has 1 spiro atoms. The number of carbonyl (C=O) groups is 2. The Balaban J connectivity index is 1.72. The van der Waals surface area contributed by atoms with Crippen LogP contribution in [0.4, 0.5) is 0 Å². The Hall–Kier alpha value is -2.02. The molecule has 0 amide bonds. The van der Waals surface area contributed by atoms with Crippen LogP contribution >= 0.6 is 0 Å². The van der Waals surface area contributed by atoms with Gasteiger partial charge in [-0.25, -0.2) is 0 Å². The summed E-state index contributed by atoms with van der Waals surface area (Å²) in [5.41, 5.74) is 3.43. The SMILES string of the molecule is CCCCCCCCCC(=O)OCCCC1C(=C(C)C=O)CCC(C)(O)C12CC(C=C(C)C=CC1=C(C)CCC(C)C1(C)C)OC2O. The lowest BCUT2D eigenvalue weighted by atomic mass is 9.53. The maximum Gasteiger partial charge on any atom is 0.305 e. The van der Waals surface area contributed by atoms with E-state index in [0.717, 1.165) is 43.1 Å². The third kappa shape index (κ3) is 9.57. The normalized spacial score (nSPS) is 32.3. The maximum atomic E-state index is 12.4. The van der Waals surface area contributed by atoms with Crippen molar-refractivity contribution in [1.29, 1.82) is 0 Å². The second-order valence-electron chi connectivity index (χ2n) is 15.8. The van der Waals surface area contributed by atoms with Crippen LogP contribution in [0.2, 0.25) is 0 Å². The molecule has 1 saturated carbocycles. The second-order valence-corrected chi connectivity index (χ2v) is 15.8. The molecule has 0 aromatic rings. The quantitative estimate of drug-likeness (QED) is 0.0566. The highest BCUT2D eigenvalue weighted by molar-refractivity contribution is 5.74. The van der Waals surface area contributed by atoms with Crippen LogP contribution in [-0.4, -0.2) is 47.1 Å². The van der Waals surface area contributed by atoms with Crippen molar-refractivity contribution in [2.24, 2.45) is 22.7 Å². The van der Waals surface area contributed by atoms with E-state index in [-0.39, 0.29) is 30.0 Å². The van der Waals surface area contributed by atoms with Crippen molar-refractivity contribution in [2.45, 2.75) is 170 Å². The largest absolute Gasteiger partial charge is 0.466 e. The molecule has 3 rings (SSSR count). The average molecular weight is 655 g/mol. The lowest BCUT2D eigenvalue weighted by Gasteiger charge is -2.54. The monoisotopic (exact) mass is 654 g/mol. The van der Waals surface area contributed by atoms with Crippen LogP contribution in [0.5, 0.6) is 0 Å². The first-order valence-corrected chi connectivity index (χ1v) is 18.6. The van der Waals surface area contributed by atoms with Gasteiger partial charge in [0.25, 0.3) is 0 Å². The highest BCUT2D eigenvalue weighted by atomic mass is 16.6. The van der Waals surface area contributed by atoms with E-state index in [4.69, 9.17) is 9.47 Å². The second kappa shape index (κ2) is 17.6. The van der Waals surface area contributed by atoms with E-state index >= 15 is 0 Å². The first kappa shape index (κ1) is 39.4. The number of aliphatic hydroxyl groups is 2. The smallest absolute Gasteiger partial charge is 0.305 e. The molecule has 2 N–H and O–H groups in total. The van der Waals surface area contributed by atoms with Gasteiger partial charge in [0.2, 0.25) is 0 Å². The Morgan fingerprint density at radius 3 is 2.40 bits per heavy atom. The lowest BCUT2D eigenvalue weighted by Crippen LogP contribution is -2.58. The Morgan fingerprint density at radius 1 is 1.04 bits per heavy atom. The Labute approximate surface area is 286 Å². The minimum absolute atomic E-state index is 0.110. The van der Waals surface area contributed by atoms with Crippen LogP contribution in [0.1, 0.15) is 152 Å². The summed E-state index contributed by atoms with van der Waals surface area (Å²) in [6.07, 6.45) is 19.2. The summed E-state index contributed by atoms with van der Waals surface area (Å²) >= 11 is 0. The molecule has 2 aliphatic carbocycles. The van der Waals surface area contributed by atoms with Gasteiger partial charge in [0.1, 0.15) is 6.29 Å². The van der Waals surface area contributed by atoms with Crippen LogP contribution in [-0.2, 0) is 19.1 Å². The first-order valence-electron chi connectivity index (χ1n) is 18.6. The molecule has 0 radical (unpaired) electrons. The van der Waals surface area contributed by atoms with Crippen molar-refractivity contribution in [3.63, 3.8) is 0 Å². The van der Waals surface area contributed by atoms with Crippen molar-refractivity contribution in [3.8, 4) is 0 Å². The van der Waals surface area contributed by atoms with Crippen molar-refractivity contribution >= 4 is 12.3 Å². The van der Waals surface area contributed by atoms with Crippen LogP contribution < -0.4 is 0 Å². The number of esters is 1. The molecular formula is C41H66O6. The maximum absolute atomic E-state index is 12.4. The molecule has 0 aromatic heterocycles. The number of unbranched alkanes of at least 4 members (excludes halogenated alkanes) is 6. The Bertz CT molecular complexity index is 1190. The van der Waals surface area contributed by atoms with Crippen molar-refractivity contribution in [1.82, 2.24) is 0 Å². The molecule has 0 bridgehead atoms. The molecule has 6 atom stereocenters. The highest BCUT2D eigenvalue weighted by Crippen LogP contribution is 2.60. The highest BCUT2D eigenvalue weighted by Gasteiger charge is 2.64. The molecule has 6 heteroatoms. The van der Waals surface area contributed by atoms with Gasteiger partial charge in [-0.15, -0.1) is 0 Å². The average Bonchev–Trinajstić information content (AvgIpc) is 3.34. The number of hydrogen-bond acceptors (Lipinski definition) is 6. The minimum Gasteiger partial charge on any atom is -0.466 e. The number of hydrogen-bond donors (Lipinski definition) is 2. The molecule has 47 heavy (non-hydrogen) atoms. The van der Waals surface area contributed by atoms with E-state index in [1.54, 1.807) is 0 Å². The Morgan fingerprint density at radius 2 is 1.72 bits per heavy atom. The van der Waals surface area contributed by atoms with Crippen molar-refractivity contribution in [3.05, 3.63) is 46.1 Å². The molecule has 3 aliphatic rings. The number of rotatable bonds is 16. The van der Waals surface area contributed by atoms with E-state index in [2.05, 4.69) is 59.8 Å². The van der Waals surface area contributed by atoms with Gasteiger partial charge >= 0.3 is 5.97 Å². The van der Waals surface area contributed by atoms with Gasteiger partial charge < -0.3 is 19.7 Å². The van der Waals surface area contributed by atoms with Gasteiger partial charge in [-0.3, -0.25) is 9.59 Å². The number of aliphatic hydroxyl groups excluding tert-OH is 1. The summed E-state index contributed by atoms with van der Waals surface area (Å²) in [5, 5.41) is 23.6. The summed E-state index contributed by atoms with van der Waals surface area (Å²) in [7, 11) is 0. The molecule has 6 unspecified atom stereocenters. The molecular weight excluding hydrogens is 588 g/mol. The lowest BCUT2D eigenvalue weighted by molar-refractivity contribution is -0.219. The third-order valence-corrected chi connectivity index (χ3v) is 12.1. The molecule has 1 saturated heterocycles. The first-order chi connectivity index (χ1) is 22.2. The van der Waals surface area contributed by atoms with E-state index in [0.29, 0.717) is 50.0 Å². The predicted molar refractivity (Wildman–Crippen MR) is 191 cm³/mol. The molecule has 1 heterocycles. The van der Waals surface area contributed by atoms with Gasteiger partial charge in [-0.2, -0.15) is 0 Å². The number of aldehydes is 1. The molecule has 2 fully saturated rings. The van der Waals surface area contributed by atoms with Crippen molar-refractivity contribution < 1.29 is 29.3 Å². The Kier molecular flexibility index (Phi) is 14.7. The summed E-state index contributed by atoms with van der Waals surface area (Å²) in [5.74, 6) is 0.165. The number of carbonyl (C=O) groups excluding carboxylic acids is 2. The summed E-state index contributed by atoms with van der Waals surface area (Å²) in [6.45, 7) is 17.4. The van der Waals surface area contributed by atoms with E-state index in [1.165, 1.54) is 43.3 Å². The summed E-state index contributed by atoms with van der Waals surface area (Å²) < 4.78 is 11.8. The number of allylic oxidation sites excluding steroid dienone is 7. The van der Waals surface area contributed by atoms with Crippen molar-refractivity contribution in [2.75, 3.05) is 6.61 Å². The van der Waals surface area contributed by atoms with Crippen LogP contribution in [0.15, 0.2) is 46.1 Å². The minimum atomic E-state index is -1.20. The van der Waals surface area contributed by atoms with E-state index < -0.39 is 17.3 Å². The van der Waals surface area contributed by atoms with Crippen LogP contribution in [0, 0.1) is 22.7 Å². The van der Waals surface area contributed by atoms with Gasteiger partial charge in [0, 0.05) is 6.42 Å². The number of ether oxygens (including phenoxy) is 2. The third-order valence-electron chi connectivity index (χ3n) is 12.1. The van der Waals surface area contributed by atoms with E-state index in [9.17, 15) is 19.8 Å². The fourth-order valence-electron chi connectivity index (χ4n) is 8.55. The zero-order chi connectivity index (χ0) is 34.8. The fourth-order valence-corrected chi connectivity index (χ4v) is 8.55. The molecule has 1 aliphatic heterocycles. The molecule has 6 nitrogen and oxygen atoms in total. The topological polar surface area (TPSA) is 93.1 Å².